The Morgan fingerprint density at radius 1 is 1.12 bits per heavy atom. The van der Waals surface area contributed by atoms with Gasteiger partial charge in [-0.25, -0.2) is 5.48 Å². The first-order valence-corrected chi connectivity index (χ1v) is 7.08. The lowest BCUT2D eigenvalue weighted by Crippen LogP contribution is -2.51. The number of benzene rings is 1. The average molecular weight is 328 g/mol. The number of hydroxylamine groups is 1. The van der Waals surface area contributed by atoms with Gasteiger partial charge in [-0.05, 0) is 37.3 Å². The van der Waals surface area contributed by atoms with E-state index in [1.165, 1.54) is 24.9 Å². The lowest BCUT2D eigenvalue weighted by atomic mass is 10.1. The molecule has 7 nitrogen and oxygen atoms in total. The summed E-state index contributed by atoms with van der Waals surface area (Å²) in [4.78, 5) is 23.5. The van der Waals surface area contributed by atoms with Crippen molar-refractivity contribution >= 4 is 11.8 Å². The number of hydrogen-bond acceptors (Lipinski definition) is 5. The summed E-state index contributed by atoms with van der Waals surface area (Å²) >= 11 is 0. The van der Waals surface area contributed by atoms with E-state index in [4.69, 9.17) is 9.62 Å². The SMILES string of the molecule is C[C@@H](O)[C@H](NC(=O)c1ccc(C#Cc2ccoc2)cc1)C(=O)NO. The number of hydrogen-bond donors (Lipinski definition) is 4. The van der Waals surface area contributed by atoms with E-state index < -0.39 is 24.0 Å². The molecule has 7 heteroatoms. The molecule has 0 aliphatic heterocycles. The fourth-order valence-electron chi connectivity index (χ4n) is 1.88. The van der Waals surface area contributed by atoms with Gasteiger partial charge in [0, 0.05) is 11.1 Å². The summed E-state index contributed by atoms with van der Waals surface area (Å²) < 4.78 is 4.91. The minimum atomic E-state index is -1.26. The highest BCUT2D eigenvalue weighted by Gasteiger charge is 2.25. The van der Waals surface area contributed by atoms with Crippen LogP contribution in [0, 0.1) is 11.8 Å². The Labute approximate surface area is 138 Å². The monoisotopic (exact) mass is 328 g/mol. The molecule has 0 aliphatic carbocycles. The van der Waals surface area contributed by atoms with E-state index in [0.29, 0.717) is 11.1 Å². The predicted molar refractivity (Wildman–Crippen MR) is 84.0 cm³/mol. The molecule has 1 aromatic carbocycles. The van der Waals surface area contributed by atoms with Gasteiger partial charge in [0.2, 0.25) is 0 Å². The molecule has 124 valence electrons. The molecule has 0 bridgehead atoms. The quantitative estimate of drug-likeness (QED) is 0.374. The average Bonchev–Trinajstić information content (AvgIpc) is 3.10. The molecule has 4 N–H and O–H groups in total. The summed E-state index contributed by atoms with van der Waals surface area (Å²) in [5.74, 6) is 4.36. The van der Waals surface area contributed by atoms with Crippen molar-refractivity contribution in [3.8, 4) is 11.8 Å². The molecule has 0 spiro atoms. The summed E-state index contributed by atoms with van der Waals surface area (Å²) in [6.45, 7) is 1.33. The van der Waals surface area contributed by atoms with Gasteiger partial charge in [-0.2, -0.15) is 0 Å². The Morgan fingerprint density at radius 2 is 1.79 bits per heavy atom. The Hall–Kier alpha value is -3.08. The molecule has 0 saturated heterocycles. The summed E-state index contributed by atoms with van der Waals surface area (Å²) in [6.07, 6.45) is 1.89. The summed E-state index contributed by atoms with van der Waals surface area (Å²) in [5.41, 5.74) is 3.14. The first kappa shape index (κ1) is 17.3. The number of aliphatic hydroxyl groups excluding tert-OH is 1. The van der Waals surface area contributed by atoms with Crippen molar-refractivity contribution in [1.82, 2.24) is 10.8 Å². The standard InChI is InChI=1S/C17H16N2O5/c1-11(20)15(17(22)19-23)18-16(21)14-6-4-12(5-7-14)2-3-13-8-9-24-10-13/h4-11,15,20,23H,1H3,(H,18,21)(H,19,22)/t11-,15+/m1/s1. The van der Waals surface area contributed by atoms with Crippen molar-refractivity contribution in [1.29, 1.82) is 0 Å². The van der Waals surface area contributed by atoms with Crippen LogP contribution in [-0.2, 0) is 4.79 Å². The van der Waals surface area contributed by atoms with Crippen LogP contribution < -0.4 is 10.8 Å². The molecule has 0 saturated carbocycles. The molecule has 24 heavy (non-hydrogen) atoms. The largest absolute Gasteiger partial charge is 0.471 e. The van der Waals surface area contributed by atoms with Crippen LogP contribution in [0.25, 0.3) is 0 Å². The molecule has 1 aromatic heterocycles. The van der Waals surface area contributed by atoms with Crippen LogP contribution in [0.3, 0.4) is 0 Å². The van der Waals surface area contributed by atoms with Crippen LogP contribution in [0.15, 0.2) is 47.3 Å². The van der Waals surface area contributed by atoms with Crippen LogP contribution in [0.1, 0.15) is 28.4 Å². The van der Waals surface area contributed by atoms with Crippen LogP contribution >= 0.6 is 0 Å². The van der Waals surface area contributed by atoms with E-state index >= 15 is 0 Å². The predicted octanol–water partition coefficient (Wildman–Crippen LogP) is 0.664. The van der Waals surface area contributed by atoms with E-state index in [-0.39, 0.29) is 0 Å². The van der Waals surface area contributed by atoms with E-state index in [1.807, 2.05) is 0 Å². The highest BCUT2D eigenvalue weighted by atomic mass is 16.5. The first-order valence-electron chi connectivity index (χ1n) is 7.08. The number of carbonyl (C=O) groups excluding carboxylic acids is 2. The van der Waals surface area contributed by atoms with Gasteiger partial charge in [0.05, 0.1) is 17.9 Å². The minimum Gasteiger partial charge on any atom is -0.471 e. The number of amides is 2. The Bertz CT molecular complexity index is 755. The Kier molecular flexibility index (Phi) is 5.73. The number of furan rings is 1. The molecular weight excluding hydrogens is 312 g/mol. The molecule has 0 unspecified atom stereocenters. The molecule has 0 radical (unpaired) electrons. The van der Waals surface area contributed by atoms with Crippen LogP contribution in [-0.4, -0.2) is 34.3 Å². The van der Waals surface area contributed by atoms with Gasteiger partial charge in [-0.3, -0.25) is 14.8 Å². The lowest BCUT2D eigenvalue weighted by Gasteiger charge is -2.19. The highest BCUT2D eigenvalue weighted by Crippen LogP contribution is 2.06. The maximum atomic E-state index is 12.1. The van der Waals surface area contributed by atoms with Crippen molar-refractivity contribution in [2.24, 2.45) is 0 Å². The van der Waals surface area contributed by atoms with Crippen molar-refractivity contribution in [3.63, 3.8) is 0 Å². The van der Waals surface area contributed by atoms with E-state index in [9.17, 15) is 14.7 Å². The lowest BCUT2D eigenvalue weighted by molar-refractivity contribution is -0.133. The fourth-order valence-corrected chi connectivity index (χ4v) is 1.88. The third-order valence-corrected chi connectivity index (χ3v) is 3.18. The maximum absolute atomic E-state index is 12.1. The van der Waals surface area contributed by atoms with Crippen LogP contribution in [0.4, 0.5) is 0 Å². The van der Waals surface area contributed by atoms with E-state index in [2.05, 4.69) is 17.2 Å². The number of rotatable bonds is 4. The molecule has 2 rings (SSSR count). The third-order valence-electron chi connectivity index (χ3n) is 3.18. The van der Waals surface area contributed by atoms with Crippen molar-refractivity contribution in [2.75, 3.05) is 0 Å². The second kappa shape index (κ2) is 7.97. The van der Waals surface area contributed by atoms with Crippen molar-refractivity contribution in [2.45, 2.75) is 19.1 Å². The third kappa shape index (κ3) is 4.46. The van der Waals surface area contributed by atoms with Gasteiger partial charge in [0.15, 0.2) is 0 Å². The van der Waals surface area contributed by atoms with Gasteiger partial charge in [-0.1, -0.05) is 11.8 Å². The summed E-state index contributed by atoms with van der Waals surface area (Å²) in [7, 11) is 0. The second-order valence-electron chi connectivity index (χ2n) is 5.01. The molecule has 1 heterocycles. The zero-order chi connectivity index (χ0) is 17.5. The van der Waals surface area contributed by atoms with Crippen LogP contribution in [0.5, 0.6) is 0 Å². The Morgan fingerprint density at radius 3 is 2.33 bits per heavy atom. The molecule has 0 fully saturated rings. The van der Waals surface area contributed by atoms with Gasteiger partial charge in [-0.15, -0.1) is 0 Å². The van der Waals surface area contributed by atoms with E-state index in [0.717, 1.165) is 5.56 Å². The van der Waals surface area contributed by atoms with Crippen molar-refractivity contribution < 1.29 is 24.3 Å². The highest BCUT2D eigenvalue weighted by molar-refractivity contribution is 5.97. The second-order valence-corrected chi connectivity index (χ2v) is 5.01. The zero-order valence-corrected chi connectivity index (χ0v) is 12.8. The Balaban J connectivity index is 2.06. The van der Waals surface area contributed by atoms with E-state index in [1.54, 1.807) is 30.3 Å². The molecule has 0 aliphatic rings. The fraction of sp³-hybridized carbons (Fsp3) is 0.176. The molecular formula is C17H16N2O5. The van der Waals surface area contributed by atoms with Gasteiger partial charge >= 0.3 is 0 Å². The normalized spacial score (nSPS) is 12.5. The summed E-state index contributed by atoms with van der Waals surface area (Å²) in [6, 6.07) is 6.88. The topological polar surface area (TPSA) is 112 Å². The first-order chi connectivity index (χ1) is 11.5. The number of aliphatic hydroxyl groups is 1. The van der Waals surface area contributed by atoms with Gasteiger partial charge in [0.1, 0.15) is 12.3 Å². The number of carbonyl (C=O) groups is 2. The zero-order valence-electron chi connectivity index (χ0n) is 12.8. The maximum Gasteiger partial charge on any atom is 0.268 e. The van der Waals surface area contributed by atoms with Gasteiger partial charge < -0.3 is 14.8 Å². The smallest absolute Gasteiger partial charge is 0.268 e. The minimum absolute atomic E-state index is 0.292. The van der Waals surface area contributed by atoms with Crippen molar-refractivity contribution in [3.05, 3.63) is 59.5 Å². The molecule has 2 aromatic rings. The molecule has 2 amide bonds. The van der Waals surface area contributed by atoms with Crippen LogP contribution in [0.2, 0.25) is 0 Å². The molecule has 2 atom stereocenters. The summed E-state index contributed by atoms with van der Waals surface area (Å²) in [5, 5.41) is 20.5. The number of nitrogens with one attached hydrogen (secondary N) is 2. The van der Waals surface area contributed by atoms with Gasteiger partial charge in [0.25, 0.3) is 11.8 Å².